The van der Waals surface area contributed by atoms with E-state index in [0.29, 0.717) is 4.48 Å². The lowest BCUT2D eigenvalue weighted by atomic mass is 10.1. The van der Waals surface area contributed by atoms with E-state index in [2.05, 4.69) is 5.32 Å². The minimum Gasteiger partial charge on any atom is -0.481 e. The molecule has 0 unspecified atom stereocenters. The van der Waals surface area contributed by atoms with Gasteiger partial charge in [0.15, 0.2) is 6.54 Å². The average molecular weight is 266 g/mol. The standard InChI is InChI=1S/C10H17ClN2O4/c1-13(2,3)6-8(14)12-7(10(11)17)4-5-9(15)16/h7H,4-6H2,1-3H3,(H-,12,14,15,16)/p+1/t7-/m1/s1. The predicted molar refractivity (Wildman–Crippen MR) is 62.6 cm³/mol. The number of aliphatic carboxylic acids is 1. The number of carboxylic acids is 1. The van der Waals surface area contributed by atoms with E-state index >= 15 is 0 Å². The Bertz CT molecular complexity index is 312. The highest BCUT2D eigenvalue weighted by atomic mass is 35.5. The van der Waals surface area contributed by atoms with Gasteiger partial charge in [-0.15, -0.1) is 0 Å². The van der Waals surface area contributed by atoms with Crippen LogP contribution in [0.3, 0.4) is 0 Å². The van der Waals surface area contributed by atoms with Crippen LogP contribution >= 0.6 is 11.6 Å². The first-order chi connectivity index (χ1) is 7.61. The van der Waals surface area contributed by atoms with Crippen LogP contribution in [0.25, 0.3) is 0 Å². The highest BCUT2D eigenvalue weighted by Gasteiger charge is 2.22. The second-order valence-electron chi connectivity index (χ2n) is 4.81. The van der Waals surface area contributed by atoms with E-state index < -0.39 is 17.3 Å². The van der Waals surface area contributed by atoms with Crippen molar-refractivity contribution in [1.82, 2.24) is 5.32 Å². The Morgan fingerprint density at radius 1 is 1.29 bits per heavy atom. The number of carboxylic acid groups (broad SMARTS) is 1. The number of halogens is 1. The van der Waals surface area contributed by atoms with Crippen LogP contribution in [0.2, 0.25) is 0 Å². The minimum absolute atomic E-state index is 0.000545. The number of nitrogens with zero attached hydrogens (tertiary/aromatic N) is 1. The first kappa shape index (κ1) is 15.9. The van der Waals surface area contributed by atoms with Gasteiger partial charge in [0, 0.05) is 6.42 Å². The second-order valence-corrected chi connectivity index (χ2v) is 5.18. The Morgan fingerprint density at radius 2 is 1.82 bits per heavy atom. The first-order valence-corrected chi connectivity index (χ1v) is 5.50. The van der Waals surface area contributed by atoms with Crippen molar-refractivity contribution < 1.29 is 24.0 Å². The lowest BCUT2D eigenvalue weighted by molar-refractivity contribution is -0.862. The number of hydrogen-bond acceptors (Lipinski definition) is 3. The van der Waals surface area contributed by atoms with Crippen LogP contribution in [0.1, 0.15) is 12.8 Å². The second kappa shape index (κ2) is 6.56. The highest BCUT2D eigenvalue weighted by Crippen LogP contribution is 2.02. The third-order valence-corrected chi connectivity index (χ3v) is 2.14. The zero-order valence-corrected chi connectivity index (χ0v) is 11.0. The minimum atomic E-state index is -1.03. The van der Waals surface area contributed by atoms with Crippen LogP contribution in [0, 0.1) is 0 Å². The molecule has 0 radical (unpaired) electrons. The number of quaternary nitrogens is 1. The summed E-state index contributed by atoms with van der Waals surface area (Å²) in [4.78, 5) is 32.9. The van der Waals surface area contributed by atoms with Crippen molar-refractivity contribution in [2.75, 3.05) is 27.7 Å². The van der Waals surface area contributed by atoms with Crippen LogP contribution in [0.15, 0.2) is 0 Å². The topological polar surface area (TPSA) is 83.5 Å². The molecule has 0 fully saturated rings. The van der Waals surface area contributed by atoms with Gasteiger partial charge in [-0.1, -0.05) is 0 Å². The van der Waals surface area contributed by atoms with Crippen LogP contribution < -0.4 is 5.32 Å². The van der Waals surface area contributed by atoms with Gasteiger partial charge in [-0.2, -0.15) is 0 Å². The van der Waals surface area contributed by atoms with Gasteiger partial charge in [-0.25, -0.2) is 0 Å². The van der Waals surface area contributed by atoms with Crippen LogP contribution in [-0.2, 0) is 14.4 Å². The normalized spacial score (nSPS) is 12.9. The summed E-state index contributed by atoms with van der Waals surface area (Å²) >= 11 is 5.29. The quantitative estimate of drug-likeness (QED) is 0.494. The van der Waals surface area contributed by atoms with Crippen molar-refractivity contribution >= 4 is 28.7 Å². The summed E-state index contributed by atoms with van der Waals surface area (Å²) in [6, 6.07) is -0.938. The van der Waals surface area contributed by atoms with E-state index in [4.69, 9.17) is 16.7 Å². The van der Waals surface area contributed by atoms with Gasteiger partial charge in [-0.05, 0) is 18.0 Å². The number of likely N-dealkylation sites (N-methyl/N-ethyl adjacent to an activating group) is 1. The van der Waals surface area contributed by atoms with Gasteiger partial charge in [0.1, 0.15) is 6.04 Å². The van der Waals surface area contributed by atoms with E-state index in [1.807, 2.05) is 21.1 Å². The van der Waals surface area contributed by atoms with E-state index in [0.717, 1.165) is 0 Å². The molecule has 6 nitrogen and oxygen atoms in total. The summed E-state index contributed by atoms with van der Waals surface area (Å²) in [6.07, 6.45) is -0.214. The van der Waals surface area contributed by atoms with Gasteiger partial charge in [-0.3, -0.25) is 14.4 Å². The Morgan fingerprint density at radius 3 is 2.18 bits per heavy atom. The molecule has 0 aliphatic carbocycles. The van der Waals surface area contributed by atoms with Gasteiger partial charge < -0.3 is 14.9 Å². The molecule has 0 saturated carbocycles. The molecule has 0 spiro atoms. The number of carbonyl (C=O) groups is 3. The first-order valence-electron chi connectivity index (χ1n) is 5.13. The maximum Gasteiger partial charge on any atom is 0.303 e. The Balaban J connectivity index is 4.30. The molecule has 0 aliphatic rings. The summed E-state index contributed by atoms with van der Waals surface area (Å²) in [5.74, 6) is -1.37. The summed E-state index contributed by atoms with van der Waals surface area (Å²) < 4.78 is 0.411. The van der Waals surface area contributed by atoms with Crippen molar-refractivity contribution in [3.63, 3.8) is 0 Å². The molecule has 98 valence electrons. The molecule has 0 bridgehead atoms. The molecule has 0 aromatic carbocycles. The summed E-state index contributed by atoms with van der Waals surface area (Å²) in [5.41, 5.74) is 0. The molecule has 0 heterocycles. The van der Waals surface area contributed by atoms with Crippen LogP contribution in [-0.4, -0.2) is 60.4 Å². The predicted octanol–water partition coefficient (Wildman–Crippen LogP) is -0.192. The molecule has 0 rings (SSSR count). The molecular formula is C10H18ClN2O4+. The Hall–Kier alpha value is -1.14. The largest absolute Gasteiger partial charge is 0.481 e. The number of nitrogens with one attached hydrogen (secondary N) is 1. The summed E-state index contributed by atoms with van der Waals surface area (Å²) in [7, 11) is 5.48. The lowest BCUT2D eigenvalue weighted by Crippen LogP contribution is -2.48. The van der Waals surface area contributed by atoms with Crippen LogP contribution in [0.4, 0.5) is 0 Å². The van der Waals surface area contributed by atoms with Crippen molar-refractivity contribution in [2.45, 2.75) is 18.9 Å². The molecule has 0 aromatic rings. The SMILES string of the molecule is C[N+](C)(C)CC(=O)N[C@H](CCC(=O)O)C(=O)Cl. The van der Waals surface area contributed by atoms with Crippen molar-refractivity contribution in [1.29, 1.82) is 0 Å². The molecule has 2 N–H and O–H groups in total. The smallest absolute Gasteiger partial charge is 0.303 e. The van der Waals surface area contributed by atoms with Crippen molar-refractivity contribution in [3.05, 3.63) is 0 Å². The third-order valence-electron chi connectivity index (χ3n) is 1.87. The lowest BCUT2D eigenvalue weighted by Gasteiger charge is -2.24. The van der Waals surface area contributed by atoms with E-state index in [-0.39, 0.29) is 25.3 Å². The fourth-order valence-electron chi connectivity index (χ4n) is 1.18. The van der Waals surface area contributed by atoms with Gasteiger partial charge in [0.25, 0.3) is 5.91 Å². The van der Waals surface area contributed by atoms with Gasteiger partial charge >= 0.3 is 5.97 Å². The molecular weight excluding hydrogens is 248 g/mol. The van der Waals surface area contributed by atoms with Crippen LogP contribution in [0.5, 0.6) is 0 Å². The maximum atomic E-state index is 11.5. The molecule has 7 heteroatoms. The van der Waals surface area contributed by atoms with E-state index in [1.165, 1.54) is 0 Å². The maximum absolute atomic E-state index is 11.5. The number of hydrogen-bond donors (Lipinski definition) is 2. The number of rotatable bonds is 7. The number of amides is 1. The van der Waals surface area contributed by atoms with Gasteiger partial charge in [0.05, 0.1) is 21.1 Å². The Labute approximate surface area is 105 Å². The molecule has 0 aromatic heterocycles. The fraction of sp³-hybridized carbons (Fsp3) is 0.700. The summed E-state index contributed by atoms with van der Waals surface area (Å²) in [6.45, 7) is 0.188. The molecule has 17 heavy (non-hydrogen) atoms. The fourth-order valence-corrected chi connectivity index (χ4v) is 1.34. The van der Waals surface area contributed by atoms with E-state index in [9.17, 15) is 14.4 Å². The molecule has 0 saturated heterocycles. The monoisotopic (exact) mass is 265 g/mol. The highest BCUT2D eigenvalue weighted by molar-refractivity contribution is 6.64. The Kier molecular flexibility index (Phi) is 6.12. The third kappa shape index (κ3) is 8.65. The van der Waals surface area contributed by atoms with Crippen molar-refractivity contribution in [2.24, 2.45) is 0 Å². The summed E-state index contributed by atoms with van der Waals surface area (Å²) in [5, 5.41) is 10.2. The van der Waals surface area contributed by atoms with E-state index in [1.54, 1.807) is 0 Å². The molecule has 0 aliphatic heterocycles. The zero-order valence-electron chi connectivity index (χ0n) is 10.2. The van der Waals surface area contributed by atoms with Gasteiger partial charge in [0.2, 0.25) is 5.24 Å². The number of carbonyl (C=O) groups excluding carboxylic acids is 2. The molecule has 1 amide bonds. The zero-order chi connectivity index (χ0) is 13.6. The molecule has 1 atom stereocenters. The average Bonchev–Trinajstić information content (AvgIpc) is 2.08. The van der Waals surface area contributed by atoms with Crippen molar-refractivity contribution in [3.8, 4) is 0 Å².